The number of pyridine rings is 1. The van der Waals surface area contributed by atoms with Gasteiger partial charge in [0.25, 0.3) is 5.91 Å². The number of amides is 1. The number of carbonyl (C=O) groups is 1. The lowest BCUT2D eigenvalue weighted by Gasteiger charge is -2.21. The van der Waals surface area contributed by atoms with Gasteiger partial charge in [0.05, 0.1) is 26.0 Å². The van der Waals surface area contributed by atoms with Crippen molar-refractivity contribution in [2.24, 2.45) is 0 Å². The molecule has 2 heterocycles. The number of hydrogen-bond donors (Lipinski definition) is 1. The summed E-state index contributed by atoms with van der Waals surface area (Å²) in [5.74, 6) is -0.0972. The van der Waals surface area contributed by atoms with Crippen LogP contribution in [0.15, 0.2) is 42.5 Å². The predicted octanol–water partition coefficient (Wildman–Crippen LogP) is 5.15. The van der Waals surface area contributed by atoms with Crippen LogP contribution in [0.2, 0.25) is 4.34 Å². The Balaban J connectivity index is 2.16. The summed E-state index contributed by atoms with van der Waals surface area (Å²) >= 11 is 7.48. The van der Waals surface area contributed by atoms with E-state index in [1.807, 2.05) is 63.2 Å². The quantitative estimate of drug-likeness (QED) is 0.699. The van der Waals surface area contributed by atoms with E-state index in [1.165, 1.54) is 11.3 Å². The predicted molar refractivity (Wildman–Crippen MR) is 97.3 cm³/mol. The fraction of sp³-hybridized carbons (Fsp3) is 0.222. The van der Waals surface area contributed by atoms with Gasteiger partial charge < -0.3 is 5.32 Å². The van der Waals surface area contributed by atoms with Crippen molar-refractivity contribution in [3.05, 3.63) is 52.4 Å². The number of rotatable bonds is 2. The molecular weight excluding hydrogens is 328 g/mol. The number of hydrogen-bond acceptors (Lipinski definition) is 3. The first-order chi connectivity index (χ1) is 10.8. The molecule has 0 saturated heterocycles. The molecule has 1 aromatic carbocycles. The van der Waals surface area contributed by atoms with Gasteiger partial charge in [-0.1, -0.05) is 29.8 Å². The molecule has 0 radical (unpaired) electrons. The highest BCUT2D eigenvalue weighted by Crippen LogP contribution is 2.32. The molecule has 0 spiro atoms. The van der Waals surface area contributed by atoms with Crippen molar-refractivity contribution in [1.82, 2.24) is 10.3 Å². The second kappa shape index (κ2) is 5.95. The number of thiophene rings is 1. The van der Waals surface area contributed by atoms with Crippen molar-refractivity contribution in [1.29, 1.82) is 0 Å². The van der Waals surface area contributed by atoms with Crippen molar-refractivity contribution >= 4 is 39.7 Å². The molecule has 0 bridgehead atoms. The zero-order chi connectivity index (χ0) is 16.6. The van der Waals surface area contributed by atoms with Gasteiger partial charge in [-0.25, -0.2) is 4.98 Å². The zero-order valence-corrected chi connectivity index (χ0v) is 14.8. The van der Waals surface area contributed by atoms with Crippen LogP contribution < -0.4 is 5.32 Å². The highest BCUT2D eigenvalue weighted by atomic mass is 35.5. The molecule has 23 heavy (non-hydrogen) atoms. The molecule has 0 aliphatic heterocycles. The molecule has 0 aliphatic rings. The van der Waals surface area contributed by atoms with E-state index in [9.17, 15) is 4.79 Å². The third kappa shape index (κ3) is 3.54. The van der Waals surface area contributed by atoms with Gasteiger partial charge in [-0.15, -0.1) is 11.3 Å². The standard InChI is InChI=1S/C18H17ClN2OS/c1-18(2,3)21-17(22)12-10-14(15-8-9-16(19)23-15)20-13-7-5-4-6-11(12)13/h4-10H,1-3H3,(H,21,22). The normalized spacial score (nSPS) is 11.7. The number of aromatic nitrogens is 1. The van der Waals surface area contributed by atoms with E-state index in [4.69, 9.17) is 11.6 Å². The molecule has 0 aliphatic carbocycles. The van der Waals surface area contributed by atoms with Gasteiger partial charge in [0.15, 0.2) is 0 Å². The molecule has 0 saturated carbocycles. The first-order valence-electron chi connectivity index (χ1n) is 7.31. The van der Waals surface area contributed by atoms with E-state index < -0.39 is 0 Å². The van der Waals surface area contributed by atoms with E-state index in [-0.39, 0.29) is 11.4 Å². The summed E-state index contributed by atoms with van der Waals surface area (Å²) in [6.07, 6.45) is 0. The van der Waals surface area contributed by atoms with Crippen LogP contribution in [0, 0.1) is 0 Å². The van der Waals surface area contributed by atoms with E-state index >= 15 is 0 Å². The average Bonchev–Trinajstić information content (AvgIpc) is 2.91. The summed E-state index contributed by atoms with van der Waals surface area (Å²) in [6, 6.07) is 13.3. The van der Waals surface area contributed by atoms with Crippen molar-refractivity contribution < 1.29 is 4.79 Å². The lowest BCUT2D eigenvalue weighted by Crippen LogP contribution is -2.40. The molecule has 2 aromatic heterocycles. The van der Waals surface area contributed by atoms with Crippen LogP contribution in [0.5, 0.6) is 0 Å². The Kier molecular flexibility index (Phi) is 4.13. The topological polar surface area (TPSA) is 42.0 Å². The Morgan fingerprint density at radius 1 is 1.17 bits per heavy atom. The molecule has 3 rings (SSSR count). The van der Waals surface area contributed by atoms with Crippen LogP contribution in [-0.2, 0) is 0 Å². The maximum Gasteiger partial charge on any atom is 0.252 e. The first kappa shape index (κ1) is 16.0. The highest BCUT2D eigenvalue weighted by molar-refractivity contribution is 7.19. The van der Waals surface area contributed by atoms with Crippen LogP contribution in [0.4, 0.5) is 0 Å². The summed E-state index contributed by atoms with van der Waals surface area (Å²) in [7, 11) is 0. The van der Waals surface area contributed by atoms with E-state index in [0.29, 0.717) is 9.90 Å². The fourth-order valence-corrected chi connectivity index (χ4v) is 3.35. The first-order valence-corrected chi connectivity index (χ1v) is 8.51. The van der Waals surface area contributed by atoms with E-state index in [2.05, 4.69) is 10.3 Å². The van der Waals surface area contributed by atoms with Gasteiger partial charge in [0, 0.05) is 10.9 Å². The zero-order valence-electron chi connectivity index (χ0n) is 13.2. The van der Waals surface area contributed by atoms with Crippen LogP contribution in [-0.4, -0.2) is 16.4 Å². The molecule has 1 amide bonds. The van der Waals surface area contributed by atoms with Gasteiger partial charge in [0.2, 0.25) is 0 Å². The highest BCUT2D eigenvalue weighted by Gasteiger charge is 2.19. The van der Waals surface area contributed by atoms with Crippen LogP contribution in [0.25, 0.3) is 21.5 Å². The second-order valence-electron chi connectivity index (χ2n) is 6.38. The number of nitrogens with zero attached hydrogens (tertiary/aromatic N) is 1. The van der Waals surface area contributed by atoms with Crippen molar-refractivity contribution in [2.75, 3.05) is 0 Å². The van der Waals surface area contributed by atoms with Gasteiger partial charge in [0.1, 0.15) is 0 Å². The van der Waals surface area contributed by atoms with Gasteiger partial charge in [-0.2, -0.15) is 0 Å². The molecule has 3 nitrogen and oxygen atoms in total. The Morgan fingerprint density at radius 2 is 1.91 bits per heavy atom. The lowest BCUT2D eigenvalue weighted by atomic mass is 10.0. The average molecular weight is 345 g/mol. The van der Waals surface area contributed by atoms with Crippen molar-refractivity contribution in [2.45, 2.75) is 26.3 Å². The van der Waals surface area contributed by atoms with Crippen molar-refractivity contribution in [3.63, 3.8) is 0 Å². The van der Waals surface area contributed by atoms with Crippen LogP contribution >= 0.6 is 22.9 Å². The van der Waals surface area contributed by atoms with E-state index in [1.54, 1.807) is 0 Å². The van der Waals surface area contributed by atoms with Crippen LogP contribution in [0.3, 0.4) is 0 Å². The lowest BCUT2D eigenvalue weighted by molar-refractivity contribution is 0.0921. The minimum Gasteiger partial charge on any atom is -0.347 e. The molecule has 0 fully saturated rings. The number of carbonyl (C=O) groups excluding carboxylic acids is 1. The Hall–Kier alpha value is -1.91. The Labute approximate surface area is 144 Å². The fourth-order valence-electron chi connectivity index (χ4n) is 2.35. The Morgan fingerprint density at radius 3 is 2.57 bits per heavy atom. The minimum atomic E-state index is -0.298. The molecule has 1 N–H and O–H groups in total. The molecule has 3 aromatic rings. The summed E-state index contributed by atoms with van der Waals surface area (Å²) in [5, 5.41) is 3.87. The summed E-state index contributed by atoms with van der Waals surface area (Å²) in [5.41, 5.74) is 1.90. The second-order valence-corrected chi connectivity index (χ2v) is 8.10. The maximum absolute atomic E-state index is 12.7. The van der Waals surface area contributed by atoms with Crippen molar-refractivity contribution in [3.8, 4) is 10.6 Å². The van der Waals surface area contributed by atoms with Gasteiger partial charge >= 0.3 is 0 Å². The third-order valence-electron chi connectivity index (χ3n) is 3.27. The third-order valence-corrected chi connectivity index (χ3v) is 4.53. The number of halogens is 1. The number of benzene rings is 1. The number of fused-ring (bicyclic) bond motifs is 1. The van der Waals surface area contributed by atoms with Crippen LogP contribution in [0.1, 0.15) is 31.1 Å². The molecule has 0 unspecified atom stereocenters. The van der Waals surface area contributed by atoms with Gasteiger partial charge in [-0.3, -0.25) is 4.79 Å². The summed E-state index contributed by atoms with van der Waals surface area (Å²) < 4.78 is 0.704. The smallest absolute Gasteiger partial charge is 0.252 e. The molecule has 5 heteroatoms. The number of para-hydroxylation sites is 1. The SMILES string of the molecule is CC(C)(C)NC(=O)c1cc(-c2ccc(Cl)s2)nc2ccccc12. The molecule has 0 atom stereocenters. The number of nitrogens with one attached hydrogen (secondary N) is 1. The maximum atomic E-state index is 12.7. The summed E-state index contributed by atoms with van der Waals surface area (Å²) in [4.78, 5) is 18.3. The molecular formula is C18H17ClN2OS. The minimum absolute atomic E-state index is 0.0972. The Bertz CT molecular complexity index is 880. The van der Waals surface area contributed by atoms with E-state index in [0.717, 1.165) is 21.5 Å². The van der Waals surface area contributed by atoms with Gasteiger partial charge in [-0.05, 0) is 45.0 Å². The summed E-state index contributed by atoms with van der Waals surface area (Å²) in [6.45, 7) is 5.90. The largest absolute Gasteiger partial charge is 0.347 e. The monoisotopic (exact) mass is 344 g/mol. The molecule has 118 valence electrons.